The largest absolute Gasteiger partial charge is 0.378 e. The van der Waals surface area contributed by atoms with Crippen molar-refractivity contribution in [2.75, 3.05) is 54.9 Å². The zero-order valence-corrected chi connectivity index (χ0v) is 13.8. The molecule has 2 atom stereocenters. The number of aromatic nitrogens is 2. The van der Waals surface area contributed by atoms with Crippen molar-refractivity contribution in [3.63, 3.8) is 0 Å². The maximum absolute atomic E-state index is 11.5. The van der Waals surface area contributed by atoms with Gasteiger partial charge in [0, 0.05) is 26.2 Å². The molecule has 0 unspecified atom stereocenters. The van der Waals surface area contributed by atoms with Gasteiger partial charge in [0.25, 0.3) is 0 Å². The van der Waals surface area contributed by atoms with Crippen LogP contribution in [0.4, 0.5) is 23.3 Å². The van der Waals surface area contributed by atoms with Crippen LogP contribution in [0.3, 0.4) is 0 Å². The highest BCUT2D eigenvalue weighted by molar-refractivity contribution is 5.71. The summed E-state index contributed by atoms with van der Waals surface area (Å²) in [5.74, 6) is 0.553. The standard InChI is InChI=1S/C14H22N6O4/c1-9-7-19(8-10(2)24-9)13-11(20(21)22)12(15)16-14(17-13)18-3-5-23-6-4-18/h9-10H,3-8H2,1-2H3,(H2,15,16,17)/t9-,10-/m0/s1. The van der Waals surface area contributed by atoms with E-state index in [-0.39, 0.29) is 29.5 Å². The molecule has 0 amide bonds. The Morgan fingerprint density at radius 1 is 1.17 bits per heavy atom. The number of rotatable bonds is 3. The van der Waals surface area contributed by atoms with Gasteiger partial charge in [0.05, 0.1) is 30.3 Å². The fraction of sp³-hybridized carbons (Fsp3) is 0.714. The molecule has 2 fully saturated rings. The number of anilines is 3. The second-order valence-corrected chi connectivity index (χ2v) is 6.10. The topological polar surface area (TPSA) is 120 Å². The maximum atomic E-state index is 11.5. The zero-order chi connectivity index (χ0) is 17.3. The highest BCUT2D eigenvalue weighted by Crippen LogP contribution is 2.34. The number of hydrogen-bond acceptors (Lipinski definition) is 9. The molecule has 0 bridgehead atoms. The van der Waals surface area contributed by atoms with E-state index in [0.29, 0.717) is 45.3 Å². The molecule has 0 saturated carbocycles. The molecule has 2 saturated heterocycles. The molecule has 1 aromatic heterocycles. The van der Waals surface area contributed by atoms with Crippen molar-refractivity contribution in [3.05, 3.63) is 10.1 Å². The summed E-state index contributed by atoms with van der Waals surface area (Å²) in [4.78, 5) is 23.4. The normalized spacial score (nSPS) is 24.9. The smallest absolute Gasteiger partial charge is 0.353 e. The zero-order valence-electron chi connectivity index (χ0n) is 13.8. The summed E-state index contributed by atoms with van der Waals surface area (Å²) in [5, 5.41) is 11.5. The van der Waals surface area contributed by atoms with Gasteiger partial charge in [0.1, 0.15) is 0 Å². The van der Waals surface area contributed by atoms with Gasteiger partial charge < -0.3 is 25.0 Å². The van der Waals surface area contributed by atoms with Crippen molar-refractivity contribution in [1.29, 1.82) is 0 Å². The average molecular weight is 338 g/mol. The summed E-state index contributed by atoms with van der Waals surface area (Å²) in [7, 11) is 0. The van der Waals surface area contributed by atoms with Crippen LogP contribution in [0, 0.1) is 10.1 Å². The summed E-state index contributed by atoms with van der Waals surface area (Å²) in [6.45, 7) is 7.31. The van der Waals surface area contributed by atoms with E-state index in [2.05, 4.69) is 9.97 Å². The molecule has 3 heterocycles. The Morgan fingerprint density at radius 2 is 1.79 bits per heavy atom. The molecular formula is C14H22N6O4. The number of nitrogens with two attached hydrogens (primary N) is 1. The van der Waals surface area contributed by atoms with Crippen LogP contribution in [0.2, 0.25) is 0 Å². The monoisotopic (exact) mass is 338 g/mol. The van der Waals surface area contributed by atoms with E-state index in [0.717, 1.165) is 0 Å². The Balaban J connectivity index is 2.00. The van der Waals surface area contributed by atoms with Crippen LogP contribution in [0.5, 0.6) is 0 Å². The first-order valence-electron chi connectivity index (χ1n) is 8.00. The molecule has 10 heteroatoms. The van der Waals surface area contributed by atoms with Gasteiger partial charge in [-0.05, 0) is 13.8 Å². The predicted octanol–water partition coefficient (Wildman–Crippen LogP) is 0.417. The number of ether oxygens (including phenoxy) is 2. The first kappa shape index (κ1) is 16.7. The second kappa shape index (κ2) is 6.73. The Bertz CT molecular complexity index is 612. The average Bonchev–Trinajstić information content (AvgIpc) is 2.53. The highest BCUT2D eigenvalue weighted by atomic mass is 16.6. The lowest BCUT2D eigenvalue weighted by Crippen LogP contribution is -2.46. The van der Waals surface area contributed by atoms with Gasteiger partial charge in [0.15, 0.2) is 0 Å². The minimum atomic E-state index is -0.515. The maximum Gasteiger partial charge on any atom is 0.353 e. The minimum Gasteiger partial charge on any atom is -0.378 e. The van der Waals surface area contributed by atoms with Crippen LogP contribution in [0.1, 0.15) is 13.8 Å². The van der Waals surface area contributed by atoms with Gasteiger partial charge in [-0.3, -0.25) is 10.1 Å². The molecule has 2 aliphatic rings. The van der Waals surface area contributed by atoms with Crippen LogP contribution in [0.25, 0.3) is 0 Å². The van der Waals surface area contributed by atoms with Crippen molar-refractivity contribution in [1.82, 2.24) is 9.97 Å². The second-order valence-electron chi connectivity index (χ2n) is 6.10. The highest BCUT2D eigenvalue weighted by Gasteiger charge is 2.33. The van der Waals surface area contributed by atoms with E-state index in [1.807, 2.05) is 23.6 Å². The van der Waals surface area contributed by atoms with Gasteiger partial charge in [-0.25, -0.2) is 0 Å². The minimum absolute atomic E-state index is 0.0450. The Labute approximate surface area is 139 Å². The molecule has 2 N–H and O–H groups in total. The van der Waals surface area contributed by atoms with Crippen molar-refractivity contribution >= 4 is 23.3 Å². The van der Waals surface area contributed by atoms with Crippen LogP contribution in [-0.4, -0.2) is 66.5 Å². The number of nitrogen functional groups attached to an aromatic ring is 1. The first-order valence-corrected chi connectivity index (χ1v) is 8.00. The Hall–Kier alpha value is -2.20. The Kier molecular flexibility index (Phi) is 4.67. The molecule has 132 valence electrons. The van der Waals surface area contributed by atoms with E-state index < -0.39 is 4.92 Å². The third-order valence-corrected chi connectivity index (χ3v) is 4.08. The third kappa shape index (κ3) is 3.34. The number of nitro groups is 1. The molecule has 0 aliphatic carbocycles. The molecule has 0 radical (unpaired) electrons. The summed E-state index contributed by atoms with van der Waals surface area (Å²) in [5.41, 5.74) is 5.65. The summed E-state index contributed by atoms with van der Waals surface area (Å²) >= 11 is 0. The molecule has 0 aromatic carbocycles. The van der Waals surface area contributed by atoms with Gasteiger partial charge >= 0.3 is 5.69 Å². The fourth-order valence-electron chi connectivity index (χ4n) is 3.10. The van der Waals surface area contributed by atoms with Crippen LogP contribution >= 0.6 is 0 Å². The van der Waals surface area contributed by atoms with Crippen molar-refractivity contribution in [3.8, 4) is 0 Å². The number of nitrogens with zero attached hydrogens (tertiary/aromatic N) is 5. The van der Waals surface area contributed by atoms with E-state index in [1.54, 1.807) is 0 Å². The van der Waals surface area contributed by atoms with E-state index in [1.165, 1.54) is 0 Å². The molecule has 24 heavy (non-hydrogen) atoms. The van der Waals surface area contributed by atoms with E-state index in [9.17, 15) is 10.1 Å². The SMILES string of the molecule is C[C@H]1CN(c2nc(N3CCOCC3)nc(N)c2[N+](=O)[O-])C[C@H](C)O1. The molecule has 10 nitrogen and oxygen atoms in total. The van der Waals surface area contributed by atoms with Crippen LogP contribution < -0.4 is 15.5 Å². The van der Waals surface area contributed by atoms with Crippen LogP contribution in [0.15, 0.2) is 0 Å². The number of morpholine rings is 2. The summed E-state index contributed by atoms with van der Waals surface area (Å²) in [6.07, 6.45) is -0.0900. The number of hydrogen-bond donors (Lipinski definition) is 1. The van der Waals surface area contributed by atoms with Crippen molar-refractivity contribution in [2.24, 2.45) is 0 Å². The lowest BCUT2D eigenvalue weighted by molar-refractivity contribution is -0.383. The van der Waals surface area contributed by atoms with Gasteiger partial charge in [0.2, 0.25) is 17.6 Å². The lowest BCUT2D eigenvalue weighted by Gasteiger charge is -2.36. The lowest BCUT2D eigenvalue weighted by atomic mass is 10.2. The molecule has 2 aliphatic heterocycles. The molecule has 0 spiro atoms. The van der Waals surface area contributed by atoms with Crippen LogP contribution in [-0.2, 0) is 9.47 Å². The molecule has 3 rings (SSSR count). The Morgan fingerprint density at radius 3 is 2.38 bits per heavy atom. The summed E-state index contributed by atoms with van der Waals surface area (Å²) < 4.78 is 11.0. The van der Waals surface area contributed by atoms with Gasteiger partial charge in [-0.2, -0.15) is 9.97 Å². The van der Waals surface area contributed by atoms with Crippen molar-refractivity contribution < 1.29 is 14.4 Å². The quantitative estimate of drug-likeness (QED) is 0.617. The van der Waals surface area contributed by atoms with Gasteiger partial charge in [-0.15, -0.1) is 0 Å². The third-order valence-electron chi connectivity index (χ3n) is 4.08. The predicted molar refractivity (Wildman–Crippen MR) is 88.4 cm³/mol. The van der Waals surface area contributed by atoms with Gasteiger partial charge in [-0.1, -0.05) is 0 Å². The molecule has 1 aromatic rings. The molecular weight excluding hydrogens is 316 g/mol. The fourth-order valence-corrected chi connectivity index (χ4v) is 3.10. The van der Waals surface area contributed by atoms with E-state index in [4.69, 9.17) is 15.2 Å². The van der Waals surface area contributed by atoms with E-state index >= 15 is 0 Å². The summed E-state index contributed by atoms with van der Waals surface area (Å²) in [6, 6.07) is 0. The first-order chi connectivity index (χ1) is 11.5. The van der Waals surface area contributed by atoms with Crippen molar-refractivity contribution in [2.45, 2.75) is 26.1 Å².